The van der Waals surface area contributed by atoms with E-state index in [0.29, 0.717) is 11.3 Å². The molecule has 1 atom stereocenters. The van der Waals surface area contributed by atoms with Gasteiger partial charge in [-0.3, -0.25) is 0 Å². The maximum Gasteiger partial charge on any atom is 0.125 e. The molecule has 1 aliphatic rings. The molecule has 1 saturated carbocycles. The summed E-state index contributed by atoms with van der Waals surface area (Å²) in [4.78, 5) is 0. The van der Waals surface area contributed by atoms with Crippen LogP contribution in [0, 0.1) is 6.92 Å². The first kappa shape index (κ1) is 12.2. The van der Waals surface area contributed by atoms with Crippen LogP contribution < -0.4 is 15.2 Å². The van der Waals surface area contributed by atoms with Crippen LogP contribution in [0.5, 0.6) is 11.5 Å². The second kappa shape index (κ2) is 4.20. The summed E-state index contributed by atoms with van der Waals surface area (Å²) in [5.41, 5.74) is 7.21. The molecule has 94 valence electrons. The zero-order valence-corrected chi connectivity index (χ0v) is 10.5. The van der Waals surface area contributed by atoms with Crippen LogP contribution in [0.4, 0.5) is 0 Å². The molecule has 1 aromatic carbocycles. The van der Waals surface area contributed by atoms with Crippen LogP contribution in [0.3, 0.4) is 0 Å². The monoisotopic (exact) mass is 237 g/mol. The highest BCUT2D eigenvalue weighted by Crippen LogP contribution is 2.46. The molecule has 1 fully saturated rings. The first-order chi connectivity index (χ1) is 8.01. The van der Waals surface area contributed by atoms with Crippen LogP contribution in [-0.2, 0) is 0 Å². The zero-order chi connectivity index (χ0) is 12.6. The van der Waals surface area contributed by atoms with Crippen molar-refractivity contribution in [2.24, 2.45) is 5.73 Å². The Balaban J connectivity index is 2.43. The fourth-order valence-corrected chi connectivity index (χ4v) is 2.02. The minimum absolute atomic E-state index is 0.493. The molecule has 2 rings (SSSR count). The lowest BCUT2D eigenvalue weighted by atomic mass is 9.98. The first-order valence-electron chi connectivity index (χ1n) is 5.71. The van der Waals surface area contributed by atoms with Crippen LogP contribution in [0.15, 0.2) is 12.1 Å². The normalized spacial score (nSPS) is 18.6. The lowest BCUT2D eigenvalue weighted by Crippen LogP contribution is -2.30. The van der Waals surface area contributed by atoms with Crippen molar-refractivity contribution in [3.8, 4) is 11.5 Å². The van der Waals surface area contributed by atoms with Crippen LogP contribution in [0.25, 0.3) is 0 Å². The van der Waals surface area contributed by atoms with Crippen LogP contribution in [-0.4, -0.2) is 24.9 Å². The van der Waals surface area contributed by atoms with Crippen LogP contribution in [0.2, 0.25) is 0 Å². The Morgan fingerprint density at radius 1 is 1.24 bits per heavy atom. The number of hydrogen-bond acceptors (Lipinski definition) is 4. The number of ether oxygens (including phenoxy) is 2. The van der Waals surface area contributed by atoms with E-state index in [4.69, 9.17) is 15.2 Å². The molecule has 1 unspecified atom stereocenters. The minimum atomic E-state index is -0.702. The molecule has 0 radical (unpaired) electrons. The molecule has 0 aromatic heterocycles. The summed E-state index contributed by atoms with van der Waals surface area (Å²) in [7, 11) is 3.20. The number of benzene rings is 1. The molecule has 4 nitrogen and oxygen atoms in total. The summed E-state index contributed by atoms with van der Waals surface area (Å²) in [6.45, 7) is 1.94. The highest BCUT2D eigenvalue weighted by atomic mass is 16.5. The lowest BCUT2D eigenvalue weighted by Gasteiger charge is -2.21. The molecule has 0 spiro atoms. The third kappa shape index (κ3) is 2.10. The zero-order valence-electron chi connectivity index (χ0n) is 10.5. The van der Waals surface area contributed by atoms with Crippen molar-refractivity contribution in [1.29, 1.82) is 0 Å². The molecule has 0 bridgehead atoms. The number of methoxy groups -OCH3 is 2. The maximum atomic E-state index is 10.3. The fraction of sp³-hybridized carbons (Fsp3) is 0.538. The quantitative estimate of drug-likeness (QED) is 0.833. The smallest absolute Gasteiger partial charge is 0.125 e. The van der Waals surface area contributed by atoms with E-state index < -0.39 is 11.6 Å². The van der Waals surface area contributed by atoms with Gasteiger partial charge < -0.3 is 20.3 Å². The van der Waals surface area contributed by atoms with E-state index in [1.165, 1.54) is 0 Å². The van der Waals surface area contributed by atoms with Crippen molar-refractivity contribution in [1.82, 2.24) is 0 Å². The van der Waals surface area contributed by atoms with Crippen molar-refractivity contribution < 1.29 is 14.6 Å². The summed E-state index contributed by atoms with van der Waals surface area (Å²) in [6, 6.07) is 3.68. The topological polar surface area (TPSA) is 64.7 Å². The van der Waals surface area contributed by atoms with Gasteiger partial charge in [-0.2, -0.15) is 0 Å². The van der Waals surface area contributed by atoms with Gasteiger partial charge in [-0.15, -0.1) is 0 Å². The fourth-order valence-electron chi connectivity index (χ4n) is 2.02. The van der Waals surface area contributed by atoms with Crippen LogP contribution in [0.1, 0.15) is 30.1 Å². The van der Waals surface area contributed by atoms with Gasteiger partial charge in [-0.1, -0.05) is 0 Å². The highest BCUT2D eigenvalue weighted by Gasteiger charge is 2.46. The SMILES string of the molecule is COc1cc(C(O)C2(N)CC2)c(OC)cc1C. The molecule has 17 heavy (non-hydrogen) atoms. The van der Waals surface area contributed by atoms with E-state index >= 15 is 0 Å². The Kier molecular flexibility index (Phi) is 3.02. The summed E-state index contributed by atoms with van der Waals surface area (Å²) < 4.78 is 10.6. The predicted molar refractivity (Wildman–Crippen MR) is 65.4 cm³/mol. The standard InChI is InChI=1S/C13H19NO3/c1-8-6-11(17-3)9(7-10(8)16-2)12(15)13(14)4-5-13/h6-7,12,15H,4-5,14H2,1-3H3. The van der Waals surface area contributed by atoms with E-state index in [1.54, 1.807) is 14.2 Å². The van der Waals surface area contributed by atoms with Crippen molar-refractivity contribution in [2.45, 2.75) is 31.4 Å². The van der Waals surface area contributed by atoms with E-state index in [-0.39, 0.29) is 0 Å². The first-order valence-corrected chi connectivity index (χ1v) is 5.71. The average molecular weight is 237 g/mol. The predicted octanol–water partition coefficient (Wildman–Crippen LogP) is 1.54. The second-order valence-corrected chi connectivity index (χ2v) is 4.70. The van der Waals surface area contributed by atoms with Gasteiger partial charge in [0.1, 0.15) is 17.6 Å². The molecular weight excluding hydrogens is 218 g/mol. The average Bonchev–Trinajstić information content (AvgIpc) is 3.07. The van der Waals surface area contributed by atoms with Crippen LogP contribution >= 0.6 is 0 Å². The third-order valence-electron chi connectivity index (χ3n) is 3.41. The van der Waals surface area contributed by atoms with Gasteiger partial charge >= 0.3 is 0 Å². The van der Waals surface area contributed by atoms with E-state index in [1.807, 2.05) is 19.1 Å². The largest absolute Gasteiger partial charge is 0.496 e. The van der Waals surface area contributed by atoms with Crippen molar-refractivity contribution in [2.75, 3.05) is 14.2 Å². The van der Waals surface area contributed by atoms with Gasteiger partial charge in [0.15, 0.2) is 0 Å². The number of rotatable bonds is 4. The van der Waals surface area contributed by atoms with Gasteiger partial charge in [-0.05, 0) is 37.5 Å². The maximum absolute atomic E-state index is 10.3. The molecule has 4 heteroatoms. The summed E-state index contributed by atoms with van der Waals surface area (Å²) in [5, 5.41) is 10.3. The van der Waals surface area contributed by atoms with E-state index in [2.05, 4.69) is 0 Å². The molecule has 0 heterocycles. The molecular formula is C13H19NO3. The Bertz CT molecular complexity index is 427. The summed E-state index contributed by atoms with van der Waals surface area (Å²) in [5.74, 6) is 1.40. The molecule has 0 saturated heterocycles. The number of aliphatic hydroxyl groups is 1. The summed E-state index contributed by atoms with van der Waals surface area (Å²) >= 11 is 0. The number of aliphatic hydroxyl groups excluding tert-OH is 1. The molecule has 0 amide bonds. The lowest BCUT2D eigenvalue weighted by molar-refractivity contribution is 0.132. The number of nitrogens with two attached hydrogens (primary N) is 1. The summed E-state index contributed by atoms with van der Waals surface area (Å²) in [6.07, 6.45) is 0.980. The van der Waals surface area contributed by atoms with Crippen molar-refractivity contribution >= 4 is 0 Å². The molecule has 0 aliphatic heterocycles. The Morgan fingerprint density at radius 3 is 2.29 bits per heavy atom. The Morgan fingerprint density at radius 2 is 1.82 bits per heavy atom. The van der Waals surface area contributed by atoms with Crippen molar-refractivity contribution in [3.63, 3.8) is 0 Å². The van der Waals surface area contributed by atoms with Gasteiger partial charge in [0.05, 0.1) is 14.2 Å². The third-order valence-corrected chi connectivity index (χ3v) is 3.41. The second-order valence-electron chi connectivity index (χ2n) is 4.70. The molecule has 1 aromatic rings. The molecule has 3 N–H and O–H groups in total. The Labute approximate surface area is 101 Å². The minimum Gasteiger partial charge on any atom is -0.496 e. The molecule has 1 aliphatic carbocycles. The number of hydrogen-bond donors (Lipinski definition) is 2. The van der Waals surface area contributed by atoms with Gasteiger partial charge in [0, 0.05) is 11.1 Å². The Hall–Kier alpha value is -1.26. The van der Waals surface area contributed by atoms with Gasteiger partial charge in [0.25, 0.3) is 0 Å². The number of aryl methyl sites for hydroxylation is 1. The van der Waals surface area contributed by atoms with Crippen molar-refractivity contribution in [3.05, 3.63) is 23.3 Å². The van der Waals surface area contributed by atoms with Gasteiger partial charge in [-0.25, -0.2) is 0 Å². The van der Waals surface area contributed by atoms with E-state index in [0.717, 1.165) is 24.2 Å². The van der Waals surface area contributed by atoms with Gasteiger partial charge in [0.2, 0.25) is 0 Å². The highest BCUT2D eigenvalue weighted by molar-refractivity contribution is 5.48. The van der Waals surface area contributed by atoms with E-state index in [9.17, 15) is 5.11 Å².